The predicted molar refractivity (Wildman–Crippen MR) is 86.5 cm³/mol. The first-order valence-corrected chi connectivity index (χ1v) is 7.35. The first kappa shape index (κ1) is 15.0. The number of nitrogens with zero attached hydrogens (tertiary/aromatic N) is 1. The Bertz CT molecular complexity index is 782. The summed E-state index contributed by atoms with van der Waals surface area (Å²) in [6.45, 7) is 0.389. The molecule has 0 unspecified atom stereocenters. The monoisotopic (exact) mass is 309 g/mol. The normalized spacial score (nSPS) is 10.5. The Labute approximate surface area is 133 Å². The summed E-state index contributed by atoms with van der Waals surface area (Å²) in [4.78, 5) is 19.3. The lowest BCUT2D eigenvalue weighted by atomic mass is 10.1. The number of carbonyl (C=O) groups is 1. The summed E-state index contributed by atoms with van der Waals surface area (Å²) >= 11 is 0. The molecule has 4 nitrogen and oxygen atoms in total. The van der Waals surface area contributed by atoms with Crippen molar-refractivity contribution >= 4 is 5.91 Å². The van der Waals surface area contributed by atoms with Crippen molar-refractivity contribution in [1.29, 1.82) is 0 Å². The Kier molecular flexibility index (Phi) is 4.47. The minimum absolute atomic E-state index is 0.174. The number of amides is 1. The van der Waals surface area contributed by atoms with Crippen LogP contribution in [0.15, 0.2) is 60.9 Å². The molecule has 0 saturated heterocycles. The Morgan fingerprint density at radius 3 is 2.61 bits per heavy atom. The first-order valence-electron chi connectivity index (χ1n) is 7.35. The van der Waals surface area contributed by atoms with E-state index in [1.165, 1.54) is 6.07 Å². The van der Waals surface area contributed by atoms with Crippen LogP contribution >= 0.6 is 0 Å². The zero-order valence-electron chi connectivity index (χ0n) is 12.4. The van der Waals surface area contributed by atoms with Crippen LogP contribution < -0.4 is 5.32 Å². The summed E-state index contributed by atoms with van der Waals surface area (Å²) in [6, 6.07) is 13.7. The van der Waals surface area contributed by atoms with E-state index in [0.29, 0.717) is 24.1 Å². The molecule has 0 fully saturated rings. The van der Waals surface area contributed by atoms with Crippen molar-refractivity contribution < 1.29 is 9.18 Å². The third-order valence-electron chi connectivity index (χ3n) is 3.56. The van der Waals surface area contributed by atoms with E-state index in [4.69, 9.17) is 0 Å². The van der Waals surface area contributed by atoms with E-state index in [2.05, 4.69) is 15.3 Å². The molecular weight excluding hydrogens is 293 g/mol. The maximum Gasteiger partial charge on any atom is 0.251 e. The number of H-pyrrole nitrogens is 1. The second kappa shape index (κ2) is 6.87. The lowest BCUT2D eigenvalue weighted by Gasteiger charge is -2.07. The van der Waals surface area contributed by atoms with Crippen molar-refractivity contribution in [3.8, 4) is 11.4 Å². The minimum atomic E-state index is -0.246. The molecule has 0 radical (unpaired) electrons. The van der Waals surface area contributed by atoms with Crippen LogP contribution in [0.25, 0.3) is 11.4 Å². The minimum Gasteiger partial charge on any atom is -0.352 e. The van der Waals surface area contributed by atoms with Gasteiger partial charge < -0.3 is 10.3 Å². The third-order valence-corrected chi connectivity index (χ3v) is 3.56. The summed E-state index contributed by atoms with van der Waals surface area (Å²) in [5, 5.41) is 2.80. The molecule has 0 aliphatic rings. The topological polar surface area (TPSA) is 57.8 Å². The first-order chi connectivity index (χ1) is 11.2. The number of rotatable bonds is 5. The molecule has 2 aromatic carbocycles. The highest BCUT2D eigenvalue weighted by Crippen LogP contribution is 2.15. The quantitative estimate of drug-likeness (QED) is 0.760. The van der Waals surface area contributed by atoms with Gasteiger partial charge in [0.15, 0.2) is 0 Å². The van der Waals surface area contributed by atoms with Gasteiger partial charge in [0.1, 0.15) is 11.6 Å². The molecule has 116 valence electrons. The smallest absolute Gasteiger partial charge is 0.251 e. The molecule has 0 bridgehead atoms. The Morgan fingerprint density at radius 1 is 1.13 bits per heavy atom. The van der Waals surface area contributed by atoms with Crippen LogP contribution in [-0.2, 0) is 6.42 Å². The molecule has 0 atom stereocenters. The van der Waals surface area contributed by atoms with Crippen LogP contribution in [0, 0.1) is 5.82 Å². The summed E-state index contributed by atoms with van der Waals surface area (Å²) in [7, 11) is 0. The molecule has 0 aliphatic heterocycles. The van der Waals surface area contributed by atoms with Crippen molar-refractivity contribution in [2.75, 3.05) is 6.54 Å². The van der Waals surface area contributed by atoms with Gasteiger partial charge in [-0.05, 0) is 30.2 Å². The van der Waals surface area contributed by atoms with Crippen LogP contribution in [0.3, 0.4) is 0 Å². The number of hydrogen-bond acceptors (Lipinski definition) is 2. The summed E-state index contributed by atoms with van der Waals surface area (Å²) in [5.74, 6) is 0.341. The van der Waals surface area contributed by atoms with Gasteiger partial charge >= 0.3 is 0 Å². The standard InChI is InChI=1S/C18H16FN3O/c19-16-4-2-1-3-13(16)9-10-22-18(23)15-7-5-14(6-8-15)17-20-11-12-21-17/h1-8,11-12H,9-10H2,(H,20,21)(H,22,23). The molecular formula is C18H16FN3O. The number of hydrogen-bond donors (Lipinski definition) is 2. The summed E-state index contributed by atoms with van der Waals surface area (Å²) < 4.78 is 13.5. The molecule has 0 saturated carbocycles. The van der Waals surface area contributed by atoms with E-state index in [0.717, 1.165) is 11.4 Å². The average Bonchev–Trinajstić information content (AvgIpc) is 3.11. The largest absolute Gasteiger partial charge is 0.352 e. The zero-order valence-corrected chi connectivity index (χ0v) is 12.4. The van der Waals surface area contributed by atoms with Crippen LogP contribution in [-0.4, -0.2) is 22.4 Å². The van der Waals surface area contributed by atoms with Crippen LogP contribution in [0.1, 0.15) is 15.9 Å². The second-order valence-electron chi connectivity index (χ2n) is 5.11. The van der Waals surface area contributed by atoms with Crippen LogP contribution in [0.4, 0.5) is 4.39 Å². The highest BCUT2D eigenvalue weighted by atomic mass is 19.1. The molecule has 0 aliphatic carbocycles. The molecule has 1 aromatic heterocycles. The number of halogens is 1. The van der Waals surface area contributed by atoms with E-state index in [-0.39, 0.29) is 11.7 Å². The molecule has 23 heavy (non-hydrogen) atoms. The van der Waals surface area contributed by atoms with E-state index >= 15 is 0 Å². The fourth-order valence-electron chi connectivity index (χ4n) is 2.32. The summed E-state index contributed by atoms with van der Waals surface area (Å²) in [6.07, 6.45) is 3.89. The van der Waals surface area contributed by atoms with Crippen molar-refractivity contribution in [1.82, 2.24) is 15.3 Å². The number of benzene rings is 2. The second-order valence-corrected chi connectivity index (χ2v) is 5.11. The van der Waals surface area contributed by atoms with Gasteiger partial charge in [-0.15, -0.1) is 0 Å². The number of aromatic nitrogens is 2. The molecule has 5 heteroatoms. The fraction of sp³-hybridized carbons (Fsp3) is 0.111. The third kappa shape index (κ3) is 3.63. The number of carbonyl (C=O) groups excluding carboxylic acids is 1. The molecule has 1 amide bonds. The highest BCUT2D eigenvalue weighted by molar-refractivity contribution is 5.94. The maximum absolute atomic E-state index is 13.5. The van der Waals surface area contributed by atoms with Gasteiger partial charge in [-0.1, -0.05) is 30.3 Å². The van der Waals surface area contributed by atoms with E-state index in [1.54, 1.807) is 42.7 Å². The van der Waals surface area contributed by atoms with Gasteiger partial charge in [-0.25, -0.2) is 9.37 Å². The van der Waals surface area contributed by atoms with Crippen LogP contribution in [0.2, 0.25) is 0 Å². The van der Waals surface area contributed by atoms with Crippen molar-refractivity contribution in [3.63, 3.8) is 0 Å². The molecule has 3 aromatic rings. The van der Waals surface area contributed by atoms with E-state index in [1.807, 2.05) is 12.1 Å². The average molecular weight is 309 g/mol. The molecule has 0 spiro atoms. The van der Waals surface area contributed by atoms with E-state index in [9.17, 15) is 9.18 Å². The number of nitrogens with one attached hydrogen (secondary N) is 2. The Balaban J connectivity index is 1.57. The van der Waals surface area contributed by atoms with Gasteiger partial charge in [0.05, 0.1) is 0 Å². The van der Waals surface area contributed by atoms with E-state index < -0.39 is 0 Å². The molecule has 1 heterocycles. The molecule has 2 N–H and O–H groups in total. The fourth-order valence-corrected chi connectivity index (χ4v) is 2.32. The lowest BCUT2D eigenvalue weighted by Crippen LogP contribution is -2.25. The Morgan fingerprint density at radius 2 is 1.91 bits per heavy atom. The van der Waals surface area contributed by atoms with Gasteiger partial charge in [-0.2, -0.15) is 0 Å². The summed E-state index contributed by atoms with van der Waals surface area (Å²) in [5.41, 5.74) is 2.08. The number of aromatic amines is 1. The zero-order chi connectivity index (χ0) is 16.1. The van der Waals surface area contributed by atoms with Crippen molar-refractivity contribution in [2.45, 2.75) is 6.42 Å². The number of imidazole rings is 1. The van der Waals surface area contributed by atoms with Crippen molar-refractivity contribution in [3.05, 3.63) is 77.9 Å². The van der Waals surface area contributed by atoms with Crippen LogP contribution in [0.5, 0.6) is 0 Å². The maximum atomic E-state index is 13.5. The lowest BCUT2D eigenvalue weighted by molar-refractivity contribution is 0.0954. The predicted octanol–water partition coefficient (Wildman–Crippen LogP) is 3.19. The van der Waals surface area contributed by atoms with Gasteiger partial charge in [0.25, 0.3) is 5.91 Å². The van der Waals surface area contributed by atoms with Gasteiger partial charge in [0, 0.05) is 30.1 Å². The molecule has 3 rings (SSSR count). The van der Waals surface area contributed by atoms with Gasteiger partial charge in [0.2, 0.25) is 0 Å². The highest BCUT2D eigenvalue weighted by Gasteiger charge is 2.07. The SMILES string of the molecule is O=C(NCCc1ccccc1F)c1ccc(-c2ncc[nH]2)cc1. The Hall–Kier alpha value is -2.95. The van der Waals surface area contributed by atoms with Crippen molar-refractivity contribution in [2.24, 2.45) is 0 Å². The van der Waals surface area contributed by atoms with Gasteiger partial charge in [-0.3, -0.25) is 4.79 Å².